The molecule has 0 aliphatic heterocycles. The SMILES string of the molecule is CCC(C#N)(COc1ccc(C#N)cc1)NC(=O)c1ccc(-c2noc(C(F)(F)F)n2)c(F)c1. The average molecular weight is 473 g/mol. The molecule has 0 saturated carbocycles. The smallest absolute Gasteiger partial charge is 0.471 e. The van der Waals surface area contributed by atoms with Crippen LogP contribution < -0.4 is 10.1 Å². The van der Waals surface area contributed by atoms with E-state index in [2.05, 4.69) is 20.0 Å². The molecule has 0 spiro atoms. The summed E-state index contributed by atoms with van der Waals surface area (Å²) in [5.41, 5.74) is -1.63. The molecule has 0 fully saturated rings. The molecule has 0 radical (unpaired) electrons. The molecule has 34 heavy (non-hydrogen) atoms. The molecular weight excluding hydrogens is 458 g/mol. The first kappa shape index (κ1) is 24.2. The number of carbonyl (C=O) groups is 1. The highest BCUT2D eigenvalue weighted by Crippen LogP contribution is 2.30. The van der Waals surface area contributed by atoms with Gasteiger partial charge in [-0.25, -0.2) is 4.39 Å². The summed E-state index contributed by atoms with van der Waals surface area (Å²) in [5, 5.41) is 24.1. The lowest BCUT2D eigenvalue weighted by Crippen LogP contribution is -2.51. The van der Waals surface area contributed by atoms with Gasteiger partial charge in [0, 0.05) is 5.56 Å². The van der Waals surface area contributed by atoms with Crippen LogP contribution in [0, 0.1) is 28.5 Å². The van der Waals surface area contributed by atoms with E-state index in [1.807, 2.05) is 12.1 Å². The molecule has 174 valence electrons. The van der Waals surface area contributed by atoms with Crippen molar-refractivity contribution in [2.75, 3.05) is 6.61 Å². The van der Waals surface area contributed by atoms with Crippen molar-refractivity contribution < 1.29 is 31.6 Å². The first-order chi connectivity index (χ1) is 16.1. The molecule has 12 heteroatoms. The Kier molecular flexibility index (Phi) is 6.82. The maximum absolute atomic E-state index is 14.5. The van der Waals surface area contributed by atoms with Crippen molar-refractivity contribution in [3.05, 3.63) is 65.3 Å². The maximum Gasteiger partial charge on any atom is 0.471 e. The number of halogens is 4. The number of rotatable bonds is 7. The Hall–Kier alpha value is -4.45. The first-order valence-electron chi connectivity index (χ1n) is 9.68. The molecule has 1 unspecified atom stereocenters. The lowest BCUT2D eigenvalue weighted by Gasteiger charge is -2.26. The molecule has 0 bridgehead atoms. The van der Waals surface area contributed by atoms with Crippen molar-refractivity contribution in [1.29, 1.82) is 10.5 Å². The summed E-state index contributed by atoms with van der Waals surface area (Å²) in [7, 11) is 0. The van der Waals surface area contributed by atoms with Gasteiger partial charge in [0.15, 0.2) is 5.54 Å². The number of carbonyl (C=O) groups excluding carboxylic acids is 1. The van der Waals surface area contributed by atoms with E-state index in [9.17, 15) is 27.6 Å². The zero-order chi connectivity index (χ0) is 24.9. The molecule has 8 nitrogen and oxygen atoms in total. The van der Waals surface area contributed by atoms with E-state index in [4.69, 9.17) is 10.00 Å². The molecule has 0 aliphatic carbocycles. The summed E-state index contributed by atoms with van der Waals surface area (Å²) in [4.78, 5) is 15.8. The third kappa shape index (κ3) is 5.30. The molecule has 1 amide bonds. The Morgan fingerprint density at radius 3 is 2.41 bits per heavy atom. The number of hydrogen-bond acceptors (Lipinski definition) is 7. The molecule has 1 heterocycles. The topological polar surface area (TPSA) is 125 Å². The predicted octanol–water partition coefficient (Wildman–Crippen LogP) is 4.25. The van der Waals surface area contributed by atoms with Gasteiger partial charge >= 0.3 is 12.1 Å². The largest absolute Gasteiger partial charge is 0.490 e. The zero-order valence-corrected chi connectivity index (χ0v) is 17.5. The summed E-state index contributed by atoms with van der Waals surface area (Å²) in [6.45, 7) is 1.41. The van der Waals surface area contributed by atoms with Gasteiger partial charge in [0.05, 0.1) is 23.3 Å². The Bertz CT molecular complexity index is 1280. The monoisotopic (exact) mass is 473 g/mol. The minimum Gasteiger partial charge on any atom is -0.490 e. The number of nitriles is 2. The van der Waals surface area contributed by atoms with Gasteiger partial charge < -0.3 is 14.6 Å². The lowest BCUT2D eigenvalue weighted by atomic mass is 9.98. The van der Waals surface area contributed by atoms with Crippen LogP contribution in [0.3, 0.4) is 0 Å². The van der Waals surface area contributed by atoms with Crippen LogP contribution >= 0.6 is 0 Å². The summed E-state index contributed by atoms with van der Waals surface area (Å²) in [6, 6.07) is 13.0. The van der Waals surface area contributed by atoms with Crippen molar-refractivity contribution in [1.82, 2.24) is 15.5 Å². The van der Waals surface area contributed by atoms with Crippen LogP contribution in [0.2, 0.25) is 0 Å². The Labute approximate surface area is 190 Å². The number of benzene rings is 2. The number of hydrogen-bond donors (Lipinski definition) is 1. The number of ether oxygens (including phenoxy) is 1. The molecule has 3 rings (SSSR count). The van der Waals surface area contributed by atoms with Crippen LogP contribution in [0.5, 0.6) is 5.75 Å². The van der Waals surface area contributed by atoms with E-state index in [1.165, 1.54) is 24.3 Å². The second-order valence-electron chi connectivity index (χ2n) is 7.04. The van der Waals surface area contributed by atoms with Gasteiger partial charge in [-0.3, -0.25) is 4.79 Å². The molecule has 0 saturated heterocycles. The summed E-state index contributed by atoms with van der Waals surface area (Å²) in [5.74, 6) is -3.76. The molecule has 1 aromatic heterocycles. The highest BCUT2D eigenvalue weighted by Gasteiger charge is 2.39. The van der Waals surface area contributed by atoms with E-state index in [1.54, 1.807) is 6.92 Å². The molecule has 1 N–H and O–H groups in total. The van der Waals surface area contributed by atoms with Crippen molar-refractivity contribution in [2.24, 2.45) is 0 Å². The Morgan fingerprint density at radius 1 is 1.18 bits per heavy atom. The summed E-state index contributed by atoms with van der Waals surface area (Å²) in [6.07, 6.45) is -4.74. The average Bonchev–Trinajstić information content (AvgIpc) is 3.33. The lowest BCUT2D eigenvalue weighted by molar-refractivity contribution is -0.159. The minimum atomic E-state index is -4.89. The predicted molar refractivity (Wildman–Crippen MR) is 107 cm³/mol. The van der Waals surface area contributed by atoms with Crippen LogP contribution in [0.15, 0.2) is 47.0 Å². The van der Waals surface area contributed by atoms with Crippen LogP contribution in [-0.4, -0.2) is 28.2 Å². The standard InChI is InChI=1S/C22H15F4N5O3/c1-2-21(11-28,12-33-15-6-3-13(10-27)4-7-15)30-19(32)14-5-8-16(17(23)9-14)18-29-20(34-31-18)22(24,25)26/h3-9H,2,12H2,1H3,(H,30,32). The van der Waals surface area contributed by atoms with Gasteiger partial charge in [-0.05, 0) is 48.9 Å². The highest BCUT2D eigenvalue weighted by atomic mass is 19.4. The third-order valence-electron chi connectivity index (χ3n) is 4.78. The van der Waals surface area contributed by atoms with E-state index in [0.29, 0.717) is 11.3 Å². The fourth-order valence-electron chi connectivity index (χ4n) is 2.77. The maximum atomic E-state index is 14.5. The zero-order valence-electron chi connectivity index (χ0n) is 17.5. The van der Waals surface area contributed by atoms with Crippen LogP contribution in [0.25, 0.3) is 11.4 Å². The number of aromatic nitrogens is 2. The summed E-state index contributed by atoms with van der Waals surface area (Å²) >= 11 is 0. The van der Waals surface area contributed by atoms with Crippen LogP contribution in [-0.2, 0) is 6.18 Å². The number of nitrogens with zero attached hydrogens (tertiary/aromatic N) is 4. The van der Waals surface area contributed by atoms with E-state index in [-0.39, 0.29) is 18.6 Å². The minimum absolute atomic E-state index is 0.148. The van der Waals surface area contributed by atoms with Gasteiger partial charge in [-0.2, -0.15) is 28.7 Å². The van der Waals surface area contributed by atoms with Gasteiger partial charge in [-0.15, -0.1) is 0 Å². The fourth-order valence-corrected chi connectivity index (χ4v) is 2.77. The molecule has 0 aliphatic rings. The van der Waals surface area contributed by atoms with Crippen molar-refractivity contribution in [3.63, 3.8) is 0 Å². The molecule has 3 aromatic rings. The van der Waals surface area contributed by atoms with Gasteiger partial charge in [-0.1, -0.05) is 12.1 Å². The second-order valence-corrected chi connectivity index (χ2v) is 7.04. The van der Waals surface area contributed by atoms with Crippen molar-refractivity contribution in [2.45, 2.75) is 25.1 Å². The highest BCUT2D eigenvalue weighted by molar-refractivity contribution is 5.95. The van der Waals surface area contributed by atoms with Gasteiger partial charge in [0.25, 0.3) is 5.91 Å². The van der Waals surface area contributed by atoms with E-state index in [0.717, 1.165) is 18.2 Å². The molecular formula is C22H15F4N5O3. The third-order valence-corrected chi connectivity index (χ3v) is 4.78. The fraction of sp³-hybridized carbons (Fsp3) is 0.227. The van der Waals surface area contributed by atoms with Crippen LogP contribution in [0.4, 0.5) is 17.6 Å². The van der Waals surface area contributed by atoms with Gasteiger partial charge in [0.2, 0.25) is 5.82 Å². The molecule has 1 atom stereocenters. The summed E-state index contributed by atoms with van der Waals surface area (Å²) < 4.78 is 62.1. The van der Waals surface area contributed by atoms with Gasteiger partial charge in [0.1, 0.15) is 18.2 Å². The van der Waals surface area contributed by atoms with Crippen molar-refractivity contribution >= 4 is 5.91 Å². The second kappa shape index (κ2) is 9.58. The normalized spacial score (nSPS) is 12.8. The van der Waals surface area contributed by atoms with E-state index >= 15 is 0 Å². The van der Waals surface area contributed by atoms with Crippen LogP contribution in [0.1, 0.15) is 35.2 Å². The van der Waals surface area contributed by atoms with E-state index < -0.39 is 40.7 Å². The number of amides is 1. The Balaban J connectivity index is 1.75. The first-order valence-corrected chi connectivity index (χ1v) is 9.68. The Morgan fingerprint density at radius 2 is 1.88 bits per heavy atom. The van der Waals surface area contributed by atoms with Crippen molar-refractivity contribution in [3.8, 4) is 29.3 Å². The quantitative estimate of drug-likeness (QED) is 0.509. The number of alkyl halides is 3. The number of nitrogens with one attached hydrogen (secondary N) is 1. The molecule has 2 aromatic carbocycles.